The normalized spacial score (nSPS) is 12.3. The fourth-order valence-corrected chi connectivity index (χ4v) is 1.80. The van der Waals surface area contributed by atoms with E-state index in [1.54, 1.807) is 26.4 Å². The Morgan fingerprint density at radius 1 is 1.33 bits per heavy atom. The highest BCUT2D eigenvalue weighted by molar-refractivity contribution is 6.32. The highest BCUT2D eigenvalue weighted by atomic mass is 35.5. The average molecular weight is 275 g/mol. The lowest BCUT2D eigenvalue weighted by Gasteiger charge is -2.18. The van der Waals surface area contributed by atoms with E-state index in [4.69, 9.17) is 30.9 Å². The van der Waals surface area contributed by atoms with E-state index in [2.05, 4.69) is 0 Å². The number of benzene rings is 1. The number of aliphatic hydroxyl groups is 1. The van der Waals surface area contributed by atoms with Crippen LogP contribution in [0.2, 0.25) is 5.02 Å². The quantitative estimate of drug-likeness (QED) is 0.830. The van der Waals surface area contributed by atoms with Crippen molar-refractivity contribution in [3.05, 3.63) is 22.7 Å². The minimum atomic E-state index is -0.0877. The van der Waals surface area contributed by atoms with Gasteiger partial charge in [0.05, 0.1) is 24.8 Å². The van der Waals surface area contributed by atoms with Crippen LogP contribution in [0.25, 0.3) is 0 Å². The third-order valence-electron chi connectivity index (χ3n) is 2.52. The van der Waals surface area contributed by atoms with Gasteiger partial charge >= 0.3 is 0 Å². The lowest BCUT2D eigenvalue weighted by atomic mass is 10.2. The molecule has 0 radical (unpaired) electrons. The Balaban J connectivity index is 2.86. The molecule has 5 heteroatoms. The van der Waals surface area contributed by atoms with Gasteiger partial charge in [0, 0.05) is 20.1 Å². The van der Waals surface area contributed by atoms with Gasteiger partial charge < -0.3 is 19.3 Å². The monoisotopic (exact) mass is 274 g/mol. The van der Waals surface area contributed by atoms with Crippen LogP contribution in [0.1, 0.15) is 18.9 Å². The number of halogens is 1. The van der Waals surface area contributed by atoms with Crippen LogP contribution < -0.4 is 9.47 Å². The molecule has 0 saturated carbocycles. The van der Waals surface area contributed by atoms with Crippen LogP contribution in [0, 0.1) is 0 Å². The lowest BCUT2D eigenvalue weighted by molar-refractivity contribution is 0.132. The molecule has 1 atom stereocenters. The molecule has 0 aromatic heterocycles. The molecule has 0 amide bonds. The molecule has 0 aliphatic heterocycles. The summed E-state index contributed by atoms with van der Waals surface area (Å²) in [6, 6.07) is 3.38. The number of hydrogen-bond acceptors (Lipinski definition) is 4. The highest BCUT2D eigenvalue weighted by Crippen LogP contribution is 2.37. The van der Waals surface area contributed by atoms with Crippen molar-refractivity contribution in [3.63, 3.8) is 0 Å². The van der Waals surface area contributed by atoms with E-state index in [1.807, 2.05) is 6.92 Å². The molecule has 0 fully saturated rings. The summed E-state index contributed by atoms with van der Waals surface area (Å²) in [6.07, 6.45) is 0.730. The van der Waals surface area contributed by atoms with Crippen molar-refractivity contribution in [2.75, 3.05) is 20.8 Å². The number of hydrogen-bond donors (Lipinski definition) is 1. The second-order valence-corrected chi connectivity index (χ2v) is 4.38. The standard InChI is InChI=1S/C13H19ClO4/c1-9(4-5-16-2)18-13-11(14)6-10(8-15)7-12(13)17-3/h6-7,9,15H,4-5,8H2,1-3H3. The van der Waals surface area contributed by atoms with Gasteiger partial charge in [-0.25, -0.2) is 0 Å². The molecule has 1 aromatic carbocycles. The molecule has 0 heterocycles. The van der Waals surface area contributed by atoms with E-state index < -0.39 is 0 Å². The largest absolute Gasteiger partial charge is 0.493 e. The van der Waals surface area contributed by atoms with Crippen LogP contribution in [0.3, 0.4) is 0 Å². The van der Waals surface area contributed by atoms with Gasteiger partial charge in [0.2, 0.25) is 0 Å². The van der Waals surface area contributed by atoms with E-state index in [0.717, 1.165) is 6.42 Å². The van der Waals surface area contributed by atoms with Crippen molar-refractivity contribution in [3.8, 4) is 11.5 Å². The topological polar surface area (TPSA) is 47.9 Å². The summed E-state index contributed by atoms with van der Waals surface area (Å²) in [5.41, 5.74) is 0.689. The number of methoxy groups -OCH3 is 2. The van der Waals surface area contributed by atoms with Gasteiger partial charge in [0.1, 0.15) is 0 Å². The molecule has 4 nitrogen and oxygen atoms in total. The lowest BCUT2D eigenvalue weighted by Crippen LogP contribution is -2.15. The smallest absolute Gasteiger partial charge is 0.180 e. The third-order valence-corrected chi connectivity index (χ3v) is 2.80. The molecule has 1 unspecified atom stereocenters. The summed E-state index contributed by atoms with van der Waals surface area (Å²) in [7, 11) is 3.19. The van der Waals surface area contributed by atoms with Gasteiger partial charge in [0.25, 0.3) is 0 Å². The molecule has 0 aliphatic rings. The number of aliphatic hydroxyl groups excluding tert-OH is 1. The zero-order chi connectivity index (χ0) is 13.5. The Hall–Kier alpha value is -0.970. The first kappa shape index (κ1) is 15.1. The zero-order valence-corrected chi connectivity index (χ0v) is 11.7. The number of ether oxygens (including phenoxy) is 3. The van der Waals surface area contributed by atoms with Gasteiger partial charge in [-0.1, -0.05) is 11.6 Å². The highest BCUT2D eigenvalue weighted by Gasteiger charge is 2.14. The summed E-state index contributed by atoms with van der Waals surface area (Å²) in [4.78, 5) is 0. The summed E-state index contributed by atoms with van der Waals surface area (Å²) < 4.78 is 16.0. The van der Waals surface area contributed by atoms with Crippen LogP contribution in [0.5, 0.6) is 11.5 Å². The molecule has 1 rings (SSSR count). The second kappa shape index (κ2) is 7.46. The van der Waals surface area contributed by atoms with Crippen molar-refractivity contribution in [2.45, 2.75) is 26.1 Å². The predicted molar refractivity (Wildman–Crippen MR) is 70.5 cm³/mol. The predicted octanol–water partition coefficient (Wildman–Crippen LogP) is 2.64. The first-order valence-corrected chi connectivity index (χ1v) is 6.13. The summed E-state index contributed by atoms with van der Waals surface area (Å²) >= 11 is 6.12. The van der Waals surface area contributed by atoms with Crippen molar-refractivity contribution in [1.29, 1.82) is 0 Å². The summed E-state index contributed by atoms with van der Waals surface area (Å²) in [6.45, 7) is 2.47. The molecule has 0 spiro atoms. The van der Waals surface area contributed by atoms with Gasteiger partial charge in [0.15, 0.2) is 11.5 Å². The second-order valence-electron chi connectivity index (χ2n) is 3.98. The molecule has 0 bridgehead atoms. The molecule has 1 aromatic rings. The van der Waals surface area contributed by atoms with Crippen LogP contribution in [-0.4, -0.2) is 32.0 Å². The van der Waals surface area contributed by atoms with Crippen LogP contribution in [0.15, 0.2) is 12.1 Å². The Kier molecular flexibility index (Phi) is 6.25. The van der Waals surface area contributed by atoms with E-state index in [1.165, 1.54) is 0 Å². The Morgan fingerprint density at radius 2 is 2.06 bits per heavy atom. The van der Waals surface area contributed by atoms with Gasteiger partial charge in [-0.2, -0.15) is 0 Å². The molecule has 0 saturated heterocycles. The van der Waals surface area contributed by atoms with Gasteiger partial charge in [-0.3, -0.25) is 0 Å². The summed E-state index contributed by atoms with van der Waals surface area (Å²) in [5, 5.41) is 9.53. The Morgan fingerprint density at radius 3 is 2.61 bits per heavy atom. The van der Waals surface area contributed by atoms with Gasteiger partial charge in [-0.05, 0) is 24.6 Å². The fraction of sp³-hybridized carbons (Fsp3) is 0.538. The molecule has 102 valence electrons. The molecule has 18 heavy (non-hydrogen) atoms. The van der Waals surface area contributed by atoms with Crippen molar-refractivity contribution >= 4 is 11.6 Å². The van der Waals surface area contributed by atoms with Crippen molar-refractivity contribution in [1.82, 2.24) is 0 Å². The van der Waals surface area contributed by atoms with Crippen molar-refractivity contribution in [2.24, 2.45) is 0 Å². The first-order valence-electron chi connectivity index (χ1n) is 5.75. The van der Waals surface area contributed by atoms with Crippen LogP contribution in [0.4, 0.5) is 0 Å². The third kappa shape index (κ3) is 4.05. The van der Waals surface area contributed by atoms with E-state index in [0.29, 0.717) is 28.7 Å². The Labute approximate surface area is 112 Å². The first-order chi connectivity index (χ1) is 8.62. The van der Waals surface area contributed by atoms with E-state index in [9.17, 15) is 0 Å². The minimum Gasteiger partial charge on any atom is -0.493 e. The molecule has 0 aliphatic carbocycles. The SMILES string of the molecule is COCCC(C)Oc1c(Cl)cc(CO)cc1OC. The minimum absolute atomic E-state index is 0.0312. The van der Waals surface area contributed by atoms with Crippen LogP contribution >= 0.6 is 11.6 Å². The maximum Gasteiger partial charge on any atom is 0.180 e. The van der Waals surface area contributed by atoms with Gasteiger partial charge in [-0.15, -0.1) is 0 Å². The van der Waals surface area contributed by atoms with E-state index in [-0.39, 0.29) is 12.7 Å². The molecular weight excluding hydrogens is 256 g/mol. The molecule has 1 N–H and O–H groups in total. The maximum absolute atomic E-state index is 9.10. The maximum atomic E-state index is 9.10. The molecular formula is C13H19ClO4. The van der Waals surface area contributed by atoms with Crippen molar-refractivity contribution < 1.29 is 19.3 Å². The summed E-state index contributed by atoms with van der Waals surface area (Å²) in [5.74, 6) is 1.02. The Bertz CT molecular complexity index is 381. The van der Waals surface area contributed by atoms with Crippen LogP contribution in [-0.2, 0) is 11.3 Å². The number of rotatable bonds is 7. The fourth-order valence-electron chi connectivity index (χ4n) is 1.52. The average Bonchev–Trinajstić information content (AvgIpc) is 2.38. The van der Waals surface area contributed by atoms with E-state index >= 15 is 0 Å². The zero-order valence-electron chi connectivity index (χ0n) is 10.9.